The summed E-state index contributed by atoms with van der Waals surface area (Å²) >= 11 is 0. The minimum atomic E-state index is -3.57. The van der Waals surface area contributed by atoms with Gasteiger partial charge in [-0.1, -0.05) is 65.8 Å². The smallest absolute Gasteiger partial charge is 0.206 e. The van der Waals surface area contributed by atoms with Crippen molar-refractivity contribution in [2.24, 2.45) is 0 Å². The first-order chi connectivity index (χ1) is 13.9. The van der Waals surface area contributed by atoms with Crippen molar-refractivity contribution < 1.29 is 13.2 Å². The molecule has 0 bridgehead atoms. The van der Waals surface area contributed by atoms with Crippen molar-refractivity contribution in [1.82, 2.24) is 0 Å². The van der Waals surface area contributed by atoms with Crippen LogP contribution in [0.4, 0.5) is 0 Å². The molecule has 3 nitrogen and oxygen atoms in total. The summed E-state index contributed by atoms with van der Waals surface area (Å²) in [7, 11) is -3.57. The molecule has 3 aromatic carbocycles. The average Bonchev–Trinajstić information content (AvgIpc) is 2.67. The molecule has 30 heavy (non-hydrogen) atoms. The zero-order valence-corrected chi connectivity index (χ0v) is 19.4. The fraction of sp³-hybridized carbons (Fsp3) is 0.308. The molecule has 0 atom stereocenters. The Balaban J connectivity index is 1.77. The van der Waals surface area contributed by atoms with E-state index in [0.29, 0.717) is 10.6 Å². The molecule has 0 aliphatic heterocycles. The molecule has 4 heteroatoms. The highest BCUT2D eigenvalue weighted by atomic mass is 32.2. The Hall–Kier alpha value is -2.59. The lowest BCUT2D eigenvalue weighted by molar-refractivity contribution is 0.481. The van der Waals surface area contributed by atoms with Crippen molar-refractivity contribution in [3.8, 4) is 11.5 Å². The van der Waals surface area contributed by atoms with Gasteiger partial charge in [0.1, 0.15) is 11.5 Å². The lowest BCUT2D eigenvalue weighted by Gasteiger charge is -2.19. The minimum Gasteiger partial charge on any atom is -0.457 e. The summed E-state index contributed by atoms with van der Waals surface area (Å²) in [6.45, 7) is 12.8. The molecule has 0 fully saturated rings. The molecule has 0 aromatic heterocycles. The molecule has 0 N–H and O–H groups in total. The van der Waals surface area contributed by atoms with Gasteiger partial charge in [0, 0.05) is 0 Å². The summed E-state index contributed by atoms with van der Waals surface area (Å²) in [6.07, 6.45) is 0. The van der Waals surface area contributed by atoms with E-state index >= 15 is 0 Å². The van der Waals surface area contributed by atoms with Gasteiger partial charge in [0.2, 0.25) is 9.84 Å². The van der Waals surface area contributed by atoms with Gasteiger partial charge in [-0.2, -0.15) is 0 Å². The Kier molecular flexibility index (Phi) is 5.83. The number of hydrogen-bond acceptors (Lipinski definition) is 3. The van der Waals surface area contributed by atoms with E-state index in [2.05, 4.69) is 53.7 Å². The van der Waals surface area contributed by atoms with Crippen LogP contribution in [0.25, 0.3) is 0 Å². The first-order valence-electron chi connectivity index (χ1n) is 10.1. The summed E-state index contributed by atoms with van der Waals surface area (Å²) in [5.74, 6) is 1.32. The van der Waals surface area contributed by atoms with Crippen LogP contribution in [0.2, 0.25) is 0 Å². The predicted molar refractivity (Wildman–Crippen MR) is 122 cm³/mol. The number of sulfone groups is 1. The maximum atomic E-state index is 13.0. The number of benzene rings is 3. The SMILES string of the molecule is CC(C)(C)c1ccc(Oc2ccc(S(=O)(=O)c3ccc(C(C)(C)C)cc3)cc2)cc1. The minimum absolute atomic E-state index is 0.0215. The maximum absolute atomic E-state index is 13.0. The summed E-state index contributed by atoms with van der Waals surface area (Å²) in [5.41, 5.74) is 2.39. The summed E-state index contributed by atoms with van der Waals surface area (Å²) in [5, 5.41) is 0. The van der Waals surface area contributed by atoms with Crippen molar-refractivity contribution in [2.45, 2.75) is 62.2 Å². The van der Waals surface area contributed by atoms with Crippen molar-refractivity contribution in [3.05, 3.63) is 83.9 Å². The number of ether oxygens (including phenoxy) is 1. The lowest BCUT2D eigenvalue weighted by atomic mass is 9.87. The van der Waals surface area contributed by atoms with Crippen LogP contribution in [-0.4, -0.2) is 8.42 Å². The molecule has 158 valence electrons. The van der Waals surface area contributed by atoms with E-state index in [4.69, 9.17) is 4.74 Å². The van der Waals surface area contributed by atoms with Gasteiger partial charge < -0.3 is 4.74 Å². The van der Waals surface area contributed by atoms with Gasteiger partial charge in [-0.15, -0.1) is 0 Å². The Bertz CT molecular complexity index is 1100. The predicted octanol–water partition coefficient (Wildman–Crippen LogP) is 6.91. The van der Waals surface area contributed by atoms with Gasteiger partial charge in [0.15, 0.2) is 0 Å². The van der Waals surface area contributed by atoms with Gasteiger partial charge >= 0.3 is 0 Å². The van der Waals surface area contributed by atoms with Crippen LogP contribution >= 0.6 is 0 Å². The standard InChI is InChI=1S/C26H30O3S/c1-25(2,3)19-7-11-21(12-8-19)29-22-13-17-24(18-14-22)30(27,28)23-15-9-20(10-16-23)26(4,5)6/h7-18H,1-6H3. The molecule has 0 unspecified atom stereocenters. The number of hydrogen-bond donors (Lipinski definition) is 0. The second-order valence-electron chi connectivity index (χ2n) is 9.63. The second-order valence-corrected chi connectivity index (χ2v) is 11.6. The van der Waals surface area contributed by atoms with E-state index in [9.17, 15) is 8.42 Å². The Morgan fingerprint density at radius 3 is 1.20 bits per heavy atom. The van der Waals surface area contributed by atoms with Crippen LogP contribution in [0.1, 0.15) is 52.7 Å². The van der Waals surface area contributed by atoms with Crippen LogP contribution in [-0.2, 0) is 20.7 Å². The average molecular weight is 423 g/mol. The molecule has 0 saturated carbocycles. The highest BCUT2D eigenvalue weighted by molar-refractivity contribution is 7.91. The maximum Gasteiger partial charge on any atom is 0.206 e. The van der Waals surface area contributed by atoms with Crippen LogP contribution in [0, 0.1) is 0 Å². The molecule has 0 aliphatic rings. The van der Waals surface area contributed by atoms with E-state index < -0.39 is 9.84 Å². The fourth-order valence-electron chi connectivity index (χ4n) is 3.12. The van der Waals surface area contributed by atoms with Gasteiger partial charge in [-0.05, 0) is 70.5 Å². The molecule has 0 amide bonds. The Morgan fingerprint density at radius 1 is 0.533 bits per heavy atom. The highest BCUT2D eigenvalue weighted by Crippen LogP contribution is 2.29. The fourth-order valence-corrected chi connectivity index (χ4v) is 4.38. The van der Waals surface area contributed by atoms with Crippen LogP contribution in [0.5, 0.6) is 11.5 Å². The zero-order chi connectivity index (χ0) is 22.2. The van der Waals surface area contributed by atoms with Crippen molar-refractivity contribution >= 4 is 9.84 Å². The third-order valence-corrected chi connectivity index (χ3v) is 6.91. The molecule has 0 radical (unpaired) electrons. The third-order valence-electron chi connectivity index (χ3n) is 5.12. The van der Waals surface area contributed by atoms with Crippen molar-refractivity contribution in [2.75, 3.05) is 0 Å². The summed E-state index contributed by atoms with van der Waals surface area (Å²) in [6, 6.07) is 21.6. The second kappa shape index (κ2) is 7.92. The normalized spacial score (nSPS) is 12.6. The first kappa shape index (κ1) is 22.1. The molecular weight excluding hydrogens is 392 g/mol. The number of rotatable bonds is 4. The van der Waals surface area contributed by atoms with Crippen molar-refractivity contribution in [3.63, 3.8) is 0 Å². The molecular formula is C26H30O3S. The highest BCUT2D eigenvalue weighted by Gasteiger charge is 2.20. The summed E-state index contributed by atoms with van der Waals surface area (Å²) in [4.78, 5) is 0.545. The molecule has 0 saturated heterocycles. The molecule has 3 rings (SSSR count). The largest absolute Gasteiger partial charge is 0.457 e. The van der Waals surface area contributed by atoms with Crippen LogP contribution < -0.4 is 4.74 Å². The van der Waals surface area contributed by atoms with Gasteiger partial charge in [0.25, 0.3) is 0 Å². The quantitative estimate of drug-likeness (QED) is 0.459. The summed E-state index contributed by atoms with van der Waals surface area (Å²) < 4.78 is 31.8. The Labute approximate surface area is 180 Å². The Morgan fingerprint density at radius 2 is 0.833 bits per heavy atom. The van der Waals surface area contributed by atoms with Crippen LogP contribution in [0.3, 0.4) is 0 Å². The molecule has 0 heterocycles. The third kappa shape index (κ3) is 4.93. The lowest BCUT2D eigenvalue weighted by Crippen LogP contribution is -2.11. The van der Waals surface area contributed by atoms with Gasteiger partial charge in [-0.25, -0.2) is 8.42 Å². The van der Waals surface area contributed by atoms with Crippen molar-refractivity contribution in [1.29, 1.82) is 0 Å². The van der Waals surface area contributed by atoms with E-state index in [1.54, 1.807) is 36.4 Å². The first-order valence-corrected chi connectivity index (χ1v) is 11.6. The monoisotopic (exact) mass is 422 g/mol. The zero-order valence-electron chi connectivity index (χ0n) is 18.6. The van der Waals surface area contributed by atoms with Gasteiger partial charge in [-0.3, -0.25) is 0 Å². The van der Waals surface area contributed by atoms with E-state index in [-0.39, 0.29) is 15.7 Å². The molecule has 0 spiro atoms. The van der Waals surface area contributed by atoms with Gasteiger partial charge in [0.05, 0.1) is 9.79 Å². The van der Waals surface area contributed by atoms with E-state index in [0.717, 1.165) is 11.3 Å². The molecule has 0 aliphatic carbocycles. The van der Waals surface area contributed by atoms with E-state index in [1.807, 2.05) is 24.3 Å². The topological polar surface area (TPSA) is 43.4 Å². The molecule has 3 aromatic rings. The van der Waals surface area contributed by atoms with Crippen LogP contribution in [0.15, 0.2) is 82.6 Å². The van der Waals surface area contributed by atoms with E-state index in [1.165, 1.54) is 5.56 Å².